The first kappa shape index (κ1) is 25.7. The van der Waals surface area contributed by atoms with Gasteiger partial charge in [0.15, 0.2) is 11.6 Å². The average Bonchev–Trinajstić information content (AvgIpc) is 2.86. The van der Waals surface area contributed by atoms with Crippen molar-refractivity contribution >= 4 is 34.2 Å². The van der Waals surface area contributed by atoms with E-state index in [0.29, 0.717) is 41.1 Å². The molecule has 0 aliphatic heterocycles. The normalized spacial score (nSPS) is 12.0. The van der Waals surface area contributed by atoms with Crippen LogP contribution in [-0.4, -0.2) is 56.2 Å². The number of aliphatic imine (C=N–C) groups is 1. The maximum Gasteiger partial charge on any atom is 0.265 e. The minimum Gasteiger partial charge on any atom is -0.497 e. The van der Waals surface area contributed by atoms with Crippen LogP contribution < -0.4 is 31.0 Å². The van der Waals surface area contributed by atoms with Crippen molar-refractivity contribution in [3.8, 4) is 11.5 Å². The number of hydrogen-bond donors (Lipinski definition) is 2. The highest BCUT2D eigenvalue weighted by atomic mass is 19.1. The Balaban J connectivity index is 2.20. The van der Waals surface area contributed by atoms with Gasteiger partial charge >= 0.3 is 0 Å². The predicted molar refractivity (Wildman–Crippen MR) is 139 cm³/mol. The number of methoxy groups -OCH3 is 2. The smallest absolute Gasteiger partial charge is 0.265 e. The third kappa shape index (κ3) is 5.60. The van der Waals surface area contributed by atoms with Crippen molar-refractivity contribution in [3.05, 3.63) is 59.0 Å². The molecule has 0 atom stereocenters. The van der Waals surface area contributed by atoms with E-state index in [0.717, 1.165) is 0 Å². The molecule has 1 aromatic heterocycles. The predicted octanol–water partition coefficient (Wildman–Crippen LogP) is 3.15. The van der Waals surface area contributed by atoms with E-state index in [1.807, 2.05) is 13.8 Å². The number of benzene rings is 2. The second-order valence-electron chi connectivity index (χ2n) is 8.02. The van der Waals surface area contributed by atoms with Gasteiger partial charge in [-0.2, -0.15) is 0 Å². The van der Waals surface area contributed by atoms with Gasteiger partial charge in [-0.15, -0.1) is 0 Å². The molecule has 3 N–H and O–H groups in total. The molecule has 0 spiro atoms. The summed E-state index contributed by atoms with van der Waals surface area (Å²) < 4.78 is 27.4. The Morgan fingerprint density at radius 3 is 2.69 bits per heavy atom. The van der Waals surface area contributed by atoms with Crippen LogP contribution in [0.1, 0.15) is 13.8 Å². The van der Waals surface area contributed by atoms with Crippen molar-refractivity contribution < 1.29 is 13.9 Å². The number of ether oxygens (including phenoxy) is 2. The summed E-state index contributed by atoms with van der Waals surface area (Å²) in [6.45, 7) is 5.05. The van der Waals surface area contributed by atoms with Crippen LogP contribution in [0.25, 0.3) is 16.6 Å². The maximum absolute atomic E-state index is 15.4. The van der Waals surface area contributed by atoms with Crippen molar-refractivity contribution in [2.24, 2.45) is 10.7 Å². The lowest BCUT2D eigenvalue weighted by Crippen LogP contribution is -2.33. The van der Waals surface area contributed by atoms with E-state index < -0.39 is 5.82 Å². The molecule has 0 aliphatic carbocycles. The van der Waals surface area contributed by atoms with Crippen molar-refractivity contribution in [1.29, 1.82) is 0 Å². The minimum absolute atomic E-state index is 0.0579. The molecule has 0 saturated heterocycles. The number of nitrogens with zero attached hydrogens (tertiary/aromatic N) is 4. The number of nitrogens with one attached hydrogen (secondary N) is 1. The van der Waals surface area contributed by atoms with Gasteiger partial charge in [-0.25, -0.2) is 9.37 Å². The lowest BCUT2D eigenvalue weighted by Gasteiger charge is -2.27. The summed E-state index contributed by atoms with van der Waals surface area (Å²) in [7, 11) is 4.49. The molecule has 35 heavy (non-hydrogen) atoms. The van der Waals surface area contributed by atoms with Gasteiger partial charge in [0, 0.05) is 56.4 Å². The van der Waals surface area contributed by atoms with Crippen LogP contribution in [0.15, 0.2) is 52.6 Å². The quantitative estimate of drug-likeness (QED) is 0.428. The second-order valence-corrected chi connectivity index (χ2v) is 8.02. The molecule has 0 amide bonds. The molecular weight excluding hydrogens is 451 g/mol. The van der Waals surface area contributed by atoms with Gasteiger partial charge in [-0.05, 0) is 18.2 Å². The van der Waals surface area contributed by atoms with Crippen LogP contribution >= 0.6 is 0 Å². The number of hydrogen-bond acceptors (Lipinski definition) is 8. The van der Waals surface area contributed by atoms with Crippen LogP contribution in [0.4, 0.5) is 15.8 Å². The molecule has 9 nitrogen and oxygen atoms in total. The van der Waals surface area contributed by atoms with E-state index in [1.54, 1.807) is 36.2 Å². The number of rotatable bonds is 10. The summed E-state index contributed by atoms with van der Waals surface area (Å²) in [5.41, 5.74) is 7.12. The van der Waals surface area contributed by atoms with E-state index in [9.17, 15) is 4.79 Å². The van der Waals surface area contributed by atoms with Gasteiger partial charge in [-0.1, -0.05) is 13.8 Å². The first-order chi connectivity index (χ1) is 16.8. The Kier molecular flexibility index (Phi) is 8.43. The zero-order chi connectivity index (χ0) is 25.5. The van der Waals surface area contributed by atoms with Crippen LogP contribution in [0.2, 0.25) is 0 Å². The highest BCUT2D eigenvalue weighted by molar-refractivity contribution is 6.02. The van der Waals surface area contributed by atoms with E-state index >= 15 is 4.39 Å². The Morgan fingerprint density at radius 2 is 2.06 bits per heavy atom. The van der Waals surface area contributed by atoms with E-state index in [1.165, 1.54) is 43.6 Å². The molecular formula is C25H31FN6O3. The topological polar surface area (TPSA) is 107 Å². The number of fused-ring (bicyclic) bond motifs is 1. The van der Waals surface area contributed by atoms with Crippen molar-refractivity contribution in [1.82, 2.24) is 14.9 Å². The number of anilines is 2. The molecule has 0 fully saturated rings. The fourth-order valence-electron chi connectivity index (χ4n) is 3.65. The zero-order valence-electron chi connectivity index (χ0n) is 20.6. The molecule has 0 bridgehead atoms. The van der Waals surface area contributed by atoms with Crippen molar-refractivity contribution in [2.75, 3.05) is 39.3 Å². The van der Waals surface area contributed by atoms with Gasteiger partial charge < -0.3 is 25.4 Å². The molecule has 10 heteroatoms. The summed E-state index contributed by atoms with van der Waals surface area (Å²) in [6, 6.07) is 8.56. The average molecular weight is 483 g/mol. The van der Waals surface area contributed by atoms with Gasteiger partial charge in [0.1, 0.15) is 12.1 Å². The fourth-order valence-corrected chi connectivity index (χ4v) is 3.65. The fraction of sp³-hybridized carbons (Fsp3) is 0.320. The molecule has 0 radical (unpaired) electrons. The van der Waals surface area contributed by atoms with E-state index in [4.69, 9.17) is 15.2 Å². The molecule has 186 valence electrons. The second kappa shape index (κ2) is 11.5. The largest absolute Gasteiger partial charge is 0.497 e. The van der Waals surface area contributed by atoms with E-state index in [-0.39, 0.29) is 23.0 Å². The Bertz CT molecular complexity index is 1300. The molecule has 1 heterocycles. The van der Waals surface area contributed by atoms with Gasteiger partial charge in [0.2, 0.25) is 0 Å². The van der Waals surface area contributed by atoms with Crippen molar-refractivity contribution in [3.63, 3.8) is 0 Å². The number of halogens is 1. The van der Waals surface area contributed by atoms with Gasteiger partial charge in [0.25, 0.3) is 5.56 Å². The lowest BCUT2D eigenvalue weighted by atomic mass is 10.1. The van der Waals surface area contributed by atoms with Crippen LogP contribution in [0.3, 0.4) is 0 Å². The standard InChI is InChI=1S/C25H31FN6O3/c1-16(2)29-8-9-31(22-11-19(34-4)12-23(35-5)24(22)26)17-6-7-21-20(10-17)25(33)32(15-30-21)18(13-27)14-28-3/h6-7,10-16,29H,8-9,27H2,1-5H3. The summed E-state index contributed by atoms with van der Waals surface area (Å²) in [4.78, 5) is 23.4. The SMILES string of the molecule is CN=CC(=CN)n1cnc2ccc(N(CCNC(C)C)c3cc(OC)cc(OC)c3F)cc2c1=O. The summed E-state index contributed by atoms with van der Waals surface area (Å²) in [6.07, 6.45) is 4.16. The molecule has 0 aliphatic rings. The molecule has 0 saturated carbocycles. The summed E-state index contributed by atoms with van der Waals surface area (Å²) in [5.74, 6) is -0.0296. The highest BCUT2D eigenvalue weighted by Crippen LogP contribution is 2.37. The monoisotopic (exact) mass is 482 g/mol. The summed E-state index contributed by atoms with van der Waals surface area (Å²) in [5, 5.41) is 3.70. The zero-order valence-corrected chi connectivity index (χ0v) is 20.6. The molecule has 3 rings (SSSR count). The first-order valence-corrected chi connectivity index (χ1v) is 11.1. The Hall–Kier alpha value is -3.92. The maximum atomic E-state index is 15.4. The van der Waals surface area contributed by atoms with Crippen LogP contribution in [0, 0.1) is 5.82 Å². The number of aromatic nitrogens is 2. The first-order valence-electron chi connectivity index (χ1n) is 11.1. The molecule has 2 aromatic carbocycles. The van der Waals surface area contributed by atoms with Crippen LogP contribution in [-0.2, 0) is 0 Å². The Labute approximate surface area is 203 Å². The number of nitrogens with two attached hydrogens (primary N) is 1. The third-order valence-corrected chi connectivity index (χ3v) is 5.39. The lowest BCUT2D eigenvalue weighted by molar-refractivity contribution is 0.374. The van der Waals surface area contributed by atoms with Crippen LogP contribution in [0.5, 0.6) is 11.5 Å². The van der Waals surface area contributed by atoms with E-state index in [2.05, 4.69) is 15.3 Å². The third-order valence-electron chi connectivity index (χ3n) is 5.39. The highest BCUT2D eigenvalue weighted by Gasteiger charge is 2.20. The Morgan fingerprint density at radius 1 is 1.29 bits per heavy atom. The van der Waals surface area contributed by atoms with Gasteiger partial charge in [0.05, 0.1) is 36.5 Å². The van der Waals surface area contributed by atoms with Crippen molar-refractivity contribution in [2.45, 2.75) is 19.9 Å². The minimum atomic E-state index is -0.533. The summed E-state index contributed by atoms with van der Waals surface area (Å²) >= 11 is 0. The molecule has 3 aromatic rings. The van der Waals surface area contributed by atoms with Gasteiger partial charge in [-0.3, -0.25) is 14.4 Å². The number of allylic oxidation sites excluding steroid dienone is 1. The molecule has 0 unspecified atom stereocenters.